The molecule has 0 aliphatic carbocycles. The van der Waals surface area contributed by atoms with E-state index >= 15 is 0 Å². The van der Waals surface area contributed by atoms with Gasteiger partial charge in [-0.3, -0.25) is 14.4 Å². The molecule has 0 amide bonds. The Morgan fingerprint density at radius 3 is 2.86 bits per heavy atom. The van der Waals surface area contributed by atoms with Crippen molar-refractivity contribution in [2.45, 2.75) is 18.9 Å². The molecule has 0 spiro atoms. The molecule has 1 atom stereocenters. The number of nitrogens with zero attached hydrogens (tertiary/aromatic N) is 4. The molecule has 1 aromatic heterocycles. The SMILES string of the molecule is COC(=O)CC[C@@H]1N=C(c2ccccc2F)c2cc(Cl)ccc2-n2cnnc21. The van der Waals surface area contributed by atoms with Gasteiger partial charge in [0.1, 0.15) is 18.2 Å². The van der Waals surface area contributed by atoms with Crippen molar-refractivity contribution in [2.24, 2.45) is 4.99 Å². The smallest absolute Gasteiger partial charge is 0.305 e. The van der Waals surface area contributed by atoms with E-state index in [2.05, 4.69) is 10.2 Å². The average Bonchev–Trinajstić information content (AvgIpc) is 3.14. The highest BCUT2D eigenvalue weighted by molar-refractivity contribution is 6.31. The van der Waals surface area contributed by atoms with E-state index in [-0.39, 0.29) is 12.4 Å². The maximum Gasteiger partial charge on any atom is 0.305 e. The van der Waals surface area contributed by atoms with E-state index in [1.165, 1.54) is 13.2 Å². The largest absolute Gasteiger partial charge is 0.469 e. The van der Waals surface area contributed by atoms with Gasteiger partial charge in [0.25, 0.3) is 0 Å². The number of halogens is 2. The van der Waals surface area contributed by atoms with Crippen LogP contribution in [-0.4, -0.2) is 33.6 Å². The summed E-state index contributed by atoms with van der Waals surface area (Å²) in [7, 11) is 1.34. The van der Waals surface area contributed by atoms with E-state index in [1.807, 2.05) is 6.07 Å². The third kappa shape index (κ3) is 3.29. The number of methoxy groups -OCH3 is 1. The molecule has 0 N–H and O–H groups in total. The number of rotatable bonds is 4. The number of esters is 1. The van der Waals surface area contributed by atoms with Crippen molar-refractivity contribution in [2.75, 3.05) is 7.11 Å². The molecular weight excluding hydrogens is 383 g/mol. The number of hydrogen-bond acceptors (Lipinski definition) is 5. The molecule has 142 valence electrons. The normalized spacial score (nSPS) is 15.2. The number of ether oxygens (including phenoxy) is 1. The second-order valence-corrected chi connectivity index (χ2v) is 6.75. The Morgan fingerprint density at radius 1 is 1.25 bits per heavy atom. The molecule has 28 heavy (non-hydrogen) atoms. The minimum Gasteiger partial charge on any atom is -0.469 e. The van der Waals surface area contributed by atoms with Crippen molar-refractivity contribution in [3.8, 4) is 5.69 Å². The summed E-state index contributed by atoms with van der Waals surface area (Å²) in [6.07, 6.45) is 2.08. The lowest BCUT2D eigenvalue weighted by molar-refractivity contribution is -0.140. The molecule has 1 aliphatic rings. The summed E-state index contributed by atoms with van der Waals surface area (Å²) in [5.74, 6) is -0.172. The van der Waals surface area contributed by atoms with Gasteiger partial charge >= 0.3 is 5.97 Å². The predicted molar refractivity (Wildman–Crippen MR) is 102 cm³/mol. The van der Waals surface area contributed by atoms with Crippen molar-refractivity contribution in [1.82, 2.24) is 14.8 Å². The van der Waals surface area contributed by atoms with Crippen molar-refractivity contribution in [3.05, 3.63) is 76.6 Å². The third-order valence-electron chi connectivity index (χ3n) is 4.61. The Bertz CT molecular complexity index is 1080. The van der Waals surface area contributed by atoms with Gasteiger partial charge < -0.3 is 4.74 Å². The van der Waals surface area contributed by atoms with E-state index < -0.39 is 11.9 Å². The highest BCUT2D eigenvalue weighted by Gasteiger charge is 2.28. The molecule has 0 radical (unpaired) electrons. The minimum atomic E-state index is -0.498. The maximum atomic E-state index is 14.6. The summed E-state index contributed by atoms with van der Waals surface area (Å²) in [6.45, 7) is 0. The molecule has 0 unspecified atom stereocenters. The van der Waals surface area contributed by atoms with Crippen LogP contribution < -0.4 is 0 Å². The summed E-state index contributed by atoms with van der Waals surface area (Å²) in [6, 6.07) is 11.2. The quantitative estimate of drug-likeness (QED) is 0.625. The first-order valence-corrected chi connectivity index (χ1v) is 9.06. The Morgan fingerprint density at radius 2 is 2.07 bits per heavy atom. The van der Waals surface area contributed by atoms with Crippen molar-refractivity contribution >= 4 is 23.3 Å². The number of fused-ring (bicyclic) bond motifs is 3. The summed E-state index contributed by atoms with van der Waals surface area (Å²) in [5.41, 5.74) is 2.22. The van der Waals surface area contributed by atoms with Crippen molar-refractivity contribution in [1.29, 1.82) is 0 Å². The van der Waals surface area contributed by atoms with Crippen LogP contribution in [0.3, 0.4) is 0 Å². The van der Waals surface area contributed by atoms with E-state index in [4.69, 9.17) is 21.3 Å². The summed E-state index contributed by atoms with van der Waals surface area (Å²) in [5, 5.41) is 8.71. The second-order valence-electron chi connectivity index (χ2n) is 6.31. The van der Waals surface area contributed by atoms with Crippen LogP contribution in [0.1, 0.15) is 35.8 Å². The van der Waals surface area contributed by atoms with E-state index in [0.29, 0.717) is 34.1 Å². The van der Waals surface area contributed by atoms with Crippen LogP contribution in [0, 0.1) is 5.82 Å². The number of carbonyl (C=O) groups is 1. The highest BCUT2D eigenvalue weighted by atomic mass is 35.5. The zero-order valence-corrected chi connectivity index (χ0v) is 15.7. The van der Waals surface area contributed by atoms with Crippen LogP contribution in [0.5, 0.6) is 0 Å². The standard InChI is InChI=1S/C20H16ClFN4O2/c1-28-18(27)9-7-16-20-25-23-11-26(20)17-8-6-12(21)10-14(17)19(24-16)13-4-2-3-5-15(13)22/h2-6,8,10-11,16H,7,9H2,1H3/t16-/m0/s1. The van der Waals surface area contributed by atoms with E-state index in [9.17, 15) is 9.18 Å². The van der Waals surface area contributed by atoms with Gasteiger partial charge in [-0.2, -0.15) is 0 Å². The minimum absolute atomic E-state index is 0.152. The Kier molecular flexibility index (Phi) is 4.92. The van der Waals surface area contributed by atoms with Gasteiger partial charge in [0.05, 0.1) is 18.5 Å². The van der Waals surface area contributed by atoms with Crippen LogP contribution in [0.25, 0.3) is 5.69 Å². The molecule has 3 aromatic rings. The lowest BCUT2D eigenvalue weighted by Gasteiger charge is -2.12. The van der Waals surface area contributed by atoms with E-state index in [0.717, 1.165) is 5.69 Å². The number of hydrogen-bond donors (Lipinski definition) is 0. The van der Waals surface area contributed by atoms with Crippen LogP contribution in [0.4, 0.5) is 4.39 Å². The number of carbonyl (C=O) groups excluding carboxylic acids is 1. The monoisotopic (exact) mass is 398 g/mol. The Balaban J connectivity index is 1.92. The van der Waals surface area contributed by atoms with Gasteiger partial charge in [0, 0.05) is 22.6 Å². The molecule has 0 bridgehead atoms. The summed E-state index contributed by atoms with van der Waals surface area (Å²) >= 11 is 6.23. The fourth-order valence-corrected chi connectivity index (χ4v) is 3.44. The first kappa shape index (κ1) is 18.3. The fraction of sp³-hybridized carbons (Fsp3) is 0.200. The summed E-state index contributed by atoms with van der Waals surface area (Å²) in [4.78, 5) is 16.5. The van der Waals surface area contributed by atoms with Gasteiger partial charge in [-0.25, -0.2) is 4.39 Å². The lowest BCUT2D eigenvalue weighted by atomic mass is 10.00. The van der Waals surface area contributed by atoms with Crippen LogP contribution in [0.15, 0.2) is 53.8 Å². The lowest BCUT2D eigenvalue weighted by Crippen LogP contribution is -2.10. The van der Waals surface area contributed by atoms with Crippen molar-refractivity contribution in [3.63, 3.8) is 0 Å². The molecule has 6 nitrogen and oxygen atoms in total. The average molecular weight is 399 g/mol. The molecule has 1 aliphatic heterocycles. The predicted octanol–water partition coefficient (Wildman–Crippen LogP) is 3.91. The zero-order chi connectivity index (χ0) is 19.7. The van der Waals surface area contributed by atoms with Crippen molar-refractivity contribution < 1.29 is 13.9 Å². The third-order valence-corrected chi connectivity index (χ3v) is 4.84. The molecule has 2 heterocycles. The van der Waals surface area contributed by atoms with Gasteiger partial charge in [0.2, 0.25) is 0 Å². The molecule has 0 fully saturated rings. The maximum absolute atomic E-state index is 14.6. The number of aromatic nitrogens is 3. The first-order valence-electron chi connectivity index (χ1n) is 8.68. The van der Waals surface area contributed by atoms with Gasteiger partial charge in [-0.05, 0) is 36.8 Å². The molecular formula is C20H16ClFN4O2. The van der Waals surface area contributed by atoms with Gasteiger partial charge in [0.15, 0.2) is 5.82 Å². The van der Waals surface area contributed by atoms with E-state index in [1.54, 1.807) is 41.2 Å². The van der Waals surface area contributed by atoms with Crippen LogP contribution in [-0.2, 0) is 9.53 Å². The molecule has 2 aromatic carbocycles. The van der Waals surface area contributed by atoms with Gasteiger partial charge in [-0.15, -0.1) is 10.2 Å². The summed E-state index contributed by atoms with van der Waals surface area (Å²) < 4.78 is 21.2. The number of aliphatic imine (C=N–C) groups is 1. The molecule has 0 saturated heterocycles. The first-order chi connectivity index (χ1) is 13.6. The van der Waals surface area contributed by atoms with Gasteiger partial charge in [-0.1, -0.05) is 23.7 Å². The second kappa shape index (κ2) is 7.52. The highest BCUT2D eigenvalue weighted by Crippen LogP contribution is 2.33. The fourth-order valence-electron chi connectivity index (χ4n) is 3.27. The van der Waals surface area contributed by atoms with Crippen LogP contribution >= 0.6 is 11.6 Å². The molecule has 0 saturated carbocycles. The Hall–Kier alpha value is -3.06. The molecule has 4 rings (SSSR count). The Labute approximate surface area is 165 Å². The zero-order valence-electron chi connectivity index (χ0n) is 15.0. The number of benzene rings is 2. The van der Waals surface area contributed by atoms with Crippen LogP contribution in [0.2, 0.25) is 5.02 Å². The topological polar surface area (TPSA) is 69.4 Å². The molecule has 8 heteroatoms.